The Hall–Kier alpha value is -1.05. The lowest BCUT2D eigenvalue weighted by atomic mass is 9.77. The van der Waals surface area contributed by atoms with E-state index in [1.807, 2.05) is 11.8 Å². The molecule has 138 valence electrons. The van der Waals surface area contributed by atoms with Gasteiger partial charge in [-0.05, 0) is 55.4 Å². The minimum absolute atomic E-state index is 0.0237. The number of aromatic nitrogens is 1. The molecule has 1 aliphatic heterocycles. The minimum Gasteiger partial charge on any atom is -0.465 e. The molecule has 5 atom stereocenters. The number of nitrogens with zero attached hydrogens (tertiary/aromatic N) is 1. The molecule has 2 fully saturated rings. The fourth-order valence-electron chi connectivity index (χ4n) is 5.21. The number of hydrogen-bond donors (Lipinski definition) is 0. The zero-order chi connectivity index (χ0) is 17.8. The molecule has 2 aliphatic carbocycles. The van der Waals surface area contributed by atoms with E-state index in [9.17, 15) is 9.59 Å². The number of rotatable bonds is 4. The van der Waals surface area contributed by atoms with Crippen molar-refractivity contribution < 1.29 is 9.53 Å². The molecule has 0 aromatic carbocycles. The van der Waals surface area contributed by atoms with E-state index in [4.69, 9.17) is 4.74 Å². The molecule has 3 aliphatic rings. The predicted octanol–water partition coefficient (Wildman–Crippen LogP) is 4.19. The highest BCUT2D eigenvalue weighted by Crippen LogP contribution is 2.64. The van der Waals surface area contributed by atoms with E-state index in [1.54, 1.807) is 22.8 Å². The first-order valence-electron chi connectivity index (χ1n) is 9.26. The number of ether oxygens (including phenoxy) is 1. The lowest BCUT2D eigenvalue weighted by molar-refractivity contribution is -0.144. The van der Waals surface area contributed by atoms with E-state index in [0.717, 1.165) is 16.9 Å². The van der Waals surface area contributed by atoms with Gasteiger partial charge in [0.1, 0.15) is 6.54 Å². The summed E-state index contributed by atoms with van der Waals surface area (Å²) in [5, 5.41) is 3.74. The molecule has 4 nitrogen and oxygen atoms in total. The SMILES string of the molecule is CCOC(=O)Cn1c2c(sc1=O)C(c1cccs1)C1C3CCC(C3)C1S2. The van der Waals surface area contributed by atoms with E-state index in [2.05, 4.69) is 17.5 Å². The van der Waals surface area contributed by atoms with Crippen molar-refractivity contribution in [3.63, 3.8) is 0 Å². The Balaban J connectivity index is 1.60. The fourth-order valence-corrected chi connectivity index (χ4v) is 9.32. The van der Waals surface area contributed by atoms with Gasteiger partial charge in [0.05, 0.1) is 11.6 Å². The van der Waals surface area contributed by atoms with Crippen LogP contribution >= 0.6 is 34.4 Å². The largest absolute Gasteiger partial charge is 0.465 e. The third kappa shape index (κ3) is 2.54. The second kappa shape index (κ2) is 6.53. The molecule has 0 N–H and O–H groups in total. The van der Waals surface area contributed by atoms with E-state index in [-0.39, 0.29) is 17.4 Å². The van der Waals surface area contributed by atoms with Crippen LogP contribution in [0.1, 0.15) is 41.9 Å². The normalized spacial score (nSPS) is 31.7. The second-order valence-corrected chi connectivity index (χ2v) is 10.6. The van der Waals surface area contributed by atoms with Crippen molar-refractivity contribution in [2.45, 2.75) is 48.9 Å². The molecular weight excluding hydrogens is 386 g/mol. The van der Waals surface area contributed by atoms with Gasteiger partial charge in [-0.2, -0.15) is 0 Å². The highest BCUT2D eigenvalue weighted by molar-refractivity contribution is 8.00. The van der Waals surface area contributed by atoms with Gasteiger partial charge in [-0.1, -0.05) is 17.4 Å². The summed E-state index contributed by atoms with van der Waals surface area (Å²) in [5.74, 6) is 2.19. The van der Waals surface area contributed by atoms with Crippen LogP contribution in [0.2, 0.25) is 0 Å². The maximum Gasteiger partial charge on any atom is 0.326 e. The van der Waals surface area contributed by atoms with Crippen LogP contribution in [-0.4, -0.2) is 22.4 Å². The van der Waals surface area contributed by atoms with Crippen molar-refractivity contribution in [2.24, 2.45) is 17.8 Å². The van der Waals surface area contributed by atoms with Crippen LogP contribution in [0.3, 0.4) is 0 Å². The first-order chi connectivity index (χ1) is 12.7. The highest BCUT2D eigenvalue weighted by atomic mass is 32.2. The fraction of sp³-hybridized carbons (Fsp3) is 0.579. The van der Waals surface area contributed by atoms with Crippen molar-refractivity contribution in [2.75, 3.05) is 6.61 Å². The van der Waals surface area contributed by atoms with Crippen molar-refractivity contribution in [1.82, 2.24) is 4.57 Å². The minimum atomic E-state index is -0.321. The molecule has 7 heteroatoms. The van der Waals surface area contributed by atoms with E-state index < -0.39 is 0 Å². The number of fused-ring (bicyclic) bond motifs is 6. The molecule has 0 spiro atoms. The molecule has 0 saturated heterocycles. The highest BCUT2D eigenvalue weighted by Gasteiger charge is 2.55. The van der Waals surface area contributed by atoms with Gasteiger partial charge in [0.15, 0.2) is 0 Å². The van der Waals surface area contributed by atoms with Crippen molar-refractivity contribution in [3.8, 4) is 0 Å². The van der Waals surface area contributed by atoms with Gasteiger partial charge in [0.25, 0.3) is 0 Å². The molecule has 5 unspecified atom stereocenters. The number of hydrogen-bond acceptors (Lipinski definition) is 6. The number of thioether (sulfide) groups is 1. The molecule has 0 radical (unpaired) electrons. The second-order valence-electron chi connectivity index (χ2n) is 7.41. The van der Waals surface area contributed by atoms with Gasteiger partial charge in [0.2, 0.25) is 0 Å². The lowest BCUT2D eigenvalue weighted by Gasteiger charge is -2.40. The van der Waals surface area contributed by atoms with Gasteiger partial charge in [-0.15, -0.1) is 23.1 Å². The van der Waals surface area contributed by atoms with Gasteiger partial charge < -0.3 is 4.74 Å². The van der Waals surface area contributed by atoms with E-state index in [1.165, 1.54) is 40.4 Å². The van der Waals surface area contributed by atoms with Gasteiger partial charge >= 0.3 is 10.8 Å². The van der Waals surface area contributed by atoms with Gasteiger partial charge in [-0.3, -0.25) is 14.2 Å². The first-order valence-corrected chi connectivity index (χ1v) is 11.8. The summed E-state index contributed by atoms with van der Waals surface area (Å²) in [6, 6.07) is 4.33. The Kier molecular flexibility index (Phi) is 4.29. The summed E-state index contributed by atoms with van der Waals surface area (Å²) in [5.41, 5.74) is 0. The summed E-state index contributed by atoms with van der Waals surface area (Å²) in [7, 11) is 0. The summed E-state index contributed by atoms with van der Waals surface area (Å²) in [6.45, 7) is 2.18. The molecule has 2 aromatic heterocycles. The zero-order valence-electron chi connectivity index (χ0n) is 14.6. The third-order valence-corrected chi connectivity index (χ3v) is 9.91. The average molecular weight is 408 g/mol. The molecule has 2 bridgehead atoms. The van der Waals surface area contributed by atoms with Crippen LogP contribution < -0.4 is 4.87 Å². The third-order valence-electron chi connectivity index (χ3n) is 6.13. The Bertz CT molecular complexity index is 884. The van der Waals surface area contributed by atoms with Crippen LogP contribution in [0.15, 0.2) is 27.3 Å². The quantitative estimate of drug-likeness (QED) is 0.713. The summed E-state index contributed by atoms with van der Waals surface area (Å²) >= 11 is 5.02. The van der Waals surface area contributed by atoms with Crippen LogP contribution in [0.25, 0.3) is 0 Å². The topological polar surface area (TPSA) is 48.3 Å². The standard InChI is InChI=1S/C19H21NO3S3/c1-2-23-13(21)9-20-18-17(26-19(20)22)15(12-4-3-7-24-12)14-10-5-6-11(8-10)16(14)25-18/h3-4,7,10-11,14-16H,2,5-6,8-9H2,1H3. The predicted molar refractivity (Wildman–Crippen MR) is 105 cm³/mol. The average Bonchev–Trinajstić information content (AvgIpc) is 3.38. The molecule has 26 heavy (non-hydrogen) atoms. The first kappa shape index (κ1) is 17.1. The van der Waals surface area contributed by atoms with Crippen LogP contribution in [0.4, 0.5) is 0 Å². The summed E-state index contributed by atoms with van der Waals surface area (Å²) in [4.78, 5) is 27.3. The van der Waals surface area contributed by atoms with Crippen molar-refractivity contribution in [1.29, 1.82) is 0 Å². The summed E-state index contributed by atoms with van der Waals surface area (Å²) in [6.07, 6.45) is 3.99. The van der Waals surface area contributed by atoms with Gasteiger partial charge in [-0.25, -0.2) is 0 Å². The van der Waals surface area contributed by atoms with Crippen LogP contribution in [0, 0.1) is 17.8 Å². The number of esters is 1. The molecular formula is C19H21NO3S3. The molecule has 2 saturated carbocycles. The Labute approximate surface area is 164 Å². The molecule has 0 amide bonds. The van der Waals surface area contributed by atoms with E-state index >= 15 is 0 Å². The number of carbonyl (C=O) groups is 1. The number of thiazole rings is 1. The number of carbonyl (C=O) groups excluding carboxylic acids is 1. The van der Waals surface area contributed by atoms with Crippen molar-refractivity contribution >= 4 is 40.4 Å². The Morgan fingerprint density at radius 1 is 1.35 bits per heavy atom. The van der Waals surface area contributed by atoms with Gasteiger partial charge in [0, 0.05) is 20.9 Å². The van der Waals surface area contributed by atoms with Crippen LogP contribution in [-0.2, 0) is 16.1 Å². The lowest BCUT2D eigenvalue weighted by Crippen LogP contribution is -2.34. The summed E-state index contributed by atoms with van der Waals surface area (Å²) < 4.78 is 6.77. The Morgan fingerprint density at radius 2 is 2.19 bits per heavy atom. The smallest absolute Gasteiger partial charge is 0.326 e. The molecule has 5 rings (SSSR count). The van der Waals surface area contributed by atoms with Crippen molar-refractivity contribution in [3.05, 3.63) is 36.9 Å². The zero-order valence-corrected chi connectivity index (χ0v) is 17.0. The maximum atomic E-state index is 12.7. The number of thiophene rings is 1. The molecule has 3 heterocycles. The monoisotopic (exact) mass is 407 g/mol. The van der Waals surface area contributed by atoms with Crippen LogP contribution in [0.5, 0.6) is 0 Å². The maximum absolute atomic E-state index is 12.7. The van der Waals surface area contributed by atoms with E-state index in [0.29, 0.717) is 23.7 Å². The molecule has 2 aromatic rings. The Morgan fingerprint density at radius 3 is 2.96 bits per heavy atom.